The minimum Gasteiger partial charge on any atom is -0.356 e. The van der Waals surface area contributed by atoms with Crippen LogP contribution in [0, 0.1) is 5.92 Å². The first-order chi connectivity index (χ1) is 15.0. The molecular weight excluding hydrogens is 386 g/mol. The number of rotatable bonds is 10. The zero-order valence-electron chi connectivity index (χ0n) is 20.2. The van der Waals surface area contributed by atoms with Gasteiger partial charge < -0.3 is 15.5 Å². The maximum Gasteiger partial charge on any atom is 0.225 e. The van der Waals surface area contributed by atoms with E-state index in [9.17, 15) is 4.79 Å². The third-order valence-corrected chi connectivity index (χ3v) is 6.59. The van der Waals surface area contributed by atoms with Gasteiger partial charge in [0, 0.05) is 51.2 Å². The molecule has 6 nitrogen and oxygen atoms in total. The minimum absolute atomic E-state index is 0.181. The van der Waals surface area contributed by atoms with Crippen LogP contribution in [0.4, 0.5) is 0 Å². The summed E-state index contributed by atoms with van der Waals surface area (Å²) >= 11 is 0. The number of piperidine rings is 1. The van der Waals surface area contributed by atoms with Crippen molar-refractivity contribution in [1.82, 2.24) is 20.4 Å². The molecule has 6 heteroatoms. The molecule has 0 radical (unpaired) electrons. The summed E-state index contributed by atoms with van der Waals surface area (Å²) < 4.78 is 0. The SMILES string of the molecule is CCC(CC)C(=O)N1CCC(NC(=NC)NCCC(C)N(C)Cc2ccccc2)CC1. The quantitative estimate of drug-likeness (QED) is 0.442. The van der Waals surface area contributed by atoms with Crippen molar-refractivity contribution < 1.29 is 4.79 Å². The maximum absolute atomic E-state index is 12.6. The number of guanidine groups is 1. The van der Waals surface area contributed by atoms with Gasteiger partial charge in [-0.25, -0.2) is 0 Å². The number of carbonyl (C=O) groups excluding carboxylic acids is 1. The van der Waals surface area contributed by atoms with Gasteiger partial charge in [0.15, 0.2) is 5.96 Å². The molecule has 174 valence electrons. The lowest BCUT2D eigenvalue weighted by atomic mass is 9.98. The van der Waals surface area contributed by atoms with Crippen molar-refractivity contribution in [3.05, 3.63) is 35.9 Å². The molecule has 1 aliphatic rings. The van der Waals surface area contributed by atoms with Crippen LogP contribution in [0.2, 0.25) is 0 Å². The lowest BCUT2D eigenvalue weighted by molar-refractivity contribution is -0.136. The monoisotopic (exact) mass is 429 g/mol. The average Bonchev–Trinajstić information content (AvgIpc) is 2.80. The molecule has 1 fully saturated rings. The predicted octanol–water partition coefficient (Wildman–Crippen LogP) is 3.49. The number of nitrogens with zero attached hydrogens (tertiary/aromatic N) is 3. The summed E-state index contributed by atoms with van der Waals surface area (Å²) in [5.74, 6) is 1.38. The van der Waals surface area contributed by atoms with Gasteiger partial charge in [-0.2, -0.15) is 0 Å². The Morgan fingerprint density at radius 1 is 1.19 bits per heavy atom. The third-order valence-electron chi connectivity index (χ3n) is 6.59. The summed E-state index contributed by atoms with van der Waals surface area (Å²) in [5.41, 5.74) is 1.34. The predicted molar refractivity (Wildman–Crippen MR) is 130 cm³/mol. The normalized spacial score (nSPS) is 16.6. The standard InChI is InChI=1S/C25H43N5O/c1-6-22(7-2)24(31)30-17-14-23(15-18-30)28-25(26-4)27-16-13-20(3)29(5)19-21-11-9-8-10-12-21/h8-12,20,22-23H,6-7,13-19H2,1-5H3,(H2,26,27,28). The van der Waals surface area contributed by atoms with Gasteiger partial charge in [0.2, 0.25) is 5.91 Å². The molecule has 1 aliphatic heterocycles. The summed E-state index contributed by atoms with van der Waals surface area (Å²) in [6, 6.07) is 11.5. The van der Waals surface area contributed by atoms with Crippen molar-refractivity contribution in [2.75, 3.05) is 33.7 Å². The first-order valence-electron chi connectivity index (χ1n) is 12.0. The van der Waals surface area contributed by atoms with E-state index in [1.54, 1.807) is 0 Å². The average molecular weight is 430 g/mol. The molecule has 0 spiro atoms. The molecule has 1 aromatic carbocycles. The van der Waals surface area contributed by atoms with E-state index in [1.165, 1.54) is 5.56 Å². The lowest BCUT2D eigenvalue weighted by Gasteiger charge is -2.35. The lowest BCUT2D eigenvalue weighted by Crippen LogP contribution is -2.51. The fourth-order valence-electron chi connectivity index (χ4n) is 4.18. The van der Waals surface area contributed by atoms with Crippen LogP contribution in [-0.4, -0.2) is 67.5 Å². The first-order valence-corrected chi connectivity index (χ1v) is 12.0. The highest BCUT2D eigenvalue weighted by atomic mass is 16.2. The zero-order valence-corrected chi connectivity index (χ0v) is 20.2. The fourth-order valence-corrected chi connectivity index (χ4v) is 4.18. The van der Waals surface area contributed by atoms with Crippen molar-refractivity contribution in [2.24, 2.45) is 10.9 Å². The van der Waals surface area contributed by atoms with E-state index in [1.807, 2.05) is 7.05 Å². The third kappa shape index (κ3) is 8.17. The molecule has 0 saturated carbocycles. The Kier molecular flexibility index (Phi) is 10.9. The smallest absolute Gasteiger partial charge is 0.225 e. The summed E-state index contributed by atoms with van der Waals surface area (Å²) in [5, 5.41) is 7.02. The summed E-state index contributed by atoms with van der Waals surface area (Å²) in [6.07, 6.45) is 4.87. The summed E-state index contributed by atoms with van der Waals surface area (Å²) in [6.45, 7) is 10.0. The topological polar surface area (TPSA) is 60.0 Å². The second kappa shape index (κ2) is 13.4. The van der Waals surface area contributed by atoms with Crippen LogP contribution >= 0.6 is 0 Å². The molecule has 2 rings (SSSR count). The van der Waals surface area contributed by atoms with Crippen molar-refractivity contribution >= 4 is 11.9 Å². The highest BCUT2D eigenvalue weighted by Gasteiger charge is 2.26. The molecule has 1 saturated heterocycles. The number of amides is 1. The van der Waals surface area contributed by atoms with E-state index >= 15 is 0 Å². The Morgan fingerprint density at radius 2 is 1.84 bits per heavy atom. The molecular formula is C25H43N5O. The van der Waals surface area contributed by atoms with Gasteiger partial charge in [0.25, 0.3) is 0 Å². The van der Waals surface area contributed by atoms with Crippen molar-refractivity contribution in [3.8, 4) is 0 Å². The van der Waals surface area contributed by atoms with E-state index in [0.717, 1.165) is 64.2 Å². The van der Waals surface area contributed by atoms with Crippen LogP contribution in [-0.2, 0) is 11.3 Å². The van der Waals surface area contributed by atoms with Crippen LogP contribution in [0.5, 0.6) is 0 Å². The van der Waals surface area contributed by atoms with Gasteiger partial charge in [-0.05, 0) is 51.6 Å². The van der Waals surface area contributed by atoms with E-state index in [0.29, 0.717) is 18.0 Å². The highest BCUT2D eigenvalue weighted by Crippen LogP contribution is 2.17. The van der Waals surface area contributed by atoms with Crippen molar-refractivity contribution in [1.29, 1.82) is 0 Å². The van der Waals surface area contributed by atoms with E-state index in [-0.39, 0.29) is 5.92 Å². The largest absolute Gasteiger partial charge is 0.356 e. The second-order valence-corrected chi connectivity index (χ2v) is 8.79. The van der Waals surface area contributed by atoms with Gasteiger partial charge in [-0.15, -0.1) is 0 Å². The van der Waals surface area contributed by atoms with Crippen LogP contribution in [0.15, 0.2) is 35.3 Å². The number of benzene rings is 1. The molecule has 1 unspecified atom stereocenters. The molecule has 1 heterocycles. The first kappa shape index (κ1) is 25.2. The minimum atomic E-state index is 0.181. The highest BCUT2D eigenvalue weighted by molar-refractivity contribution is 5.80. The Hall–Kier alpha value is -2.08. The van der Waals surface area contributed by atoms with Crippen LogP contribution in [0.3, 0.4) is 0 Å². The van der Waals surface area contributed by atoms with Gasteiger partial charge in [-0.1, -0.05) is 44.2 Å². The van der Waals surface area contributed by atoms with Crippen molar-refractivity contribution in [2.45, 2.75) is 71.5 Å². The Morgan fingerprint density at radius 3 is 2.42 bits per heavy atom. The molecule has 1 amide bonds. The second-order valence-electron chi connectivity index (χ2n) is 8.79. The van der Waals surface area contributed by atoms with Gasteiger partial charge in [0.1, 0.15) is 0 Å². The van der Waals surface area contributed by atoms with Gasteiger partial charge >= 0.3 is 0 Å². The van der Waals surface area contributed by atoms with Crippen LogP contribution < -0.4 is 10.6 Å². The molecule has 2 N–H and O–H groups in total. The fraction of sp³-hybridized carbons (Fsp3) is 0.680. The van der Waals surface area contributed by atoms with E-state index in [2.05, 4.69) is 83.6 Å². The van der Waals surface area contributed by atoms with Gasteiger partial charge in [0.05, 0.1) is 0 Å². The Labute approximate surface area is 189 Å². The maximum atomic E-state index is 12.6. The number of hydrogen-bond acceptors (Lipinski definition) is 3. The molecule has 0 aromatic heterocycles. The summed E-state index contributed by atoms with van der Waals surface area (Å²) in [4.78, 5) is 21.4. The van der Waals surface area contributed by atoms with E-state index < -0.39 is 0 Å². The Balaban J connectivity index is 1.69. The number of hydrogen-bond donors (Lipinski definition) is 2. The van der Waals surface area contributed by atoms with Crippen molar-refractivity contribution in [3.63, 3.8) is 0 Å². The number of aliphatic imine (C=N–C) groups is 1. The van der Waals surface area contributed by atoms with E-state index in [4.69, 9.17) is 0 Å². The molecule has 0 bridgehead atoms. The number of nitrogens with one attached hydrogen (secondary N) is 2. The van der Waals surface area contributed by atoms with Crippen LogP contribution in [0.25, 0.3) is 0 Å². The number of carbonyl (C=O) groups is 1. The summed E-state index contributed by atoms with van der Waals surface area (Å²) in [7, 11) is 4.01. The molecule has 1 aromatic rings. The number of likely N-dealkylation sites (tertiary alicyclic amines) is 1. The molecule has 31 heavy (non-hydrogen) atoms. The van der Waals surface area contributed by atoms with Gasteiger partial charge in [-0.3, -0.25) is 14.7 Å². The Bertz CT molecular complexity index is 666. The van der Waals surface area contributed by atoms with Crippen LogP contribution in [0.1, 0.15) is 58.4 Å². The zero-order chi connectivity index (χ0) is 22.6. The molecule has 0 aliphatic carbocycles. The molecule has 1 atom stereocenters.